The number of piperidine rings is 1. The Balaban J connectivity index is 1.26. The minimum absolute atomic E-state index is 0.0956. The van der Waals surface area contributed by atoms with Crippen LogP contribution in [-0.2, 0) is 26.2 Å². The Kier molecular flexibility index (Phi) is 7.49. The third-order valence-corrected chi connectivity index (χ3v) is 9.02. The van der Waals surface area contributed by atoms with E-state index in [-0.39, 0.29) is 42.3 Å². The first-order valence-electron chi connectivity index (χ1n) is 12.8. The van der Waals surface area contributed by atoms with Gasteiger partial charge in [-0.05, 0) is 49.6 Å². The van der Waals surface area contributed by atoms with Gasteiger partial charge in [0.1, 0.15) is 5.75 Å². The maximum atomic E-state index is 13.7. The number of aryl methyl sites for hydroxylation is 1. The number of amides is 2. The van der Waals surface area contributed by atoms with Gasteiger partial charge in [-0.2, -0.15) is 4.31 Å². The maximum Gasteiger partial charge on any atom is 0.263 e. The van der Waals surface area contributed by atoms with Crippen LogP contribution in [0.3, 0.4) is 0 Å². The van der Waals surface area contributed by atoms with Gasteiger partial charge in [0.25, 0.3) is 5.91 Å². The van der Waals surface area contributed by atoms with Crippen LogP contribution in [-0.4, -0.2) is 50.3 Å². The molecule has 1 N–H and O–H groups in total. The van der Waals surface area contributed by atoms with Gasteiger partial charge in [0.2, 0.25) is 15.9 Å². The lowest BCUT2D eigenvalue weighted by atomic mass is 9.95. The van der Waals surface area contributed by atoms with Crippen LogP contribution >= 0.6 is 0 Å². The molecular formula is C29H31N3O5S. The number of sulfonamides is 1. The second-order valence-corrected chi connectivity index (χ2v) is 11.7. The highest BCUT2D eigenvalue weighted by atomic mass is 32.2. The van der Waals surface area contributed by atoms with Crippen LogP contribution in [0, 0.1) is 12.8 Å². The summed E-state index contributed by atoms with van der Waals surface area (Å²) in [4.78, 5) is 28.6. The van der Waals surface area contributed by atoms with Crippen LogP contribution in [0.1, 0.15) is 24.0 Å². The van der Waals surface area contributed by atoms with Gasteiger partial charge < -0.3 is 15.0 Å². The van der Waals surface area contributed by atoms with E-state index in [9.17, 15) is 18.0 Å². The molecule has 2 aliphatic heterocycles. The summed E-state index contributed by atoms with van der Waals surface area (Å²) in [5, 5.41) is 2.90. The lowest BCUT2D eigenvalue weighted by molar-refractivity contribution is -0.129. The first kappa shape index (κ1) is 25.9. The Hall–Kier alpha value is -3.69. The van der Waals surface area contributed by atoms with Crippen LogP contribution in [0.25, 0.3) is 0 Å². The third kappa shape index (κ3) is 5.44. The number of para-hydroxylation sites is 2. The summed E-state index contributed by atoms with van der Waals surface area (Å²) in [7, 11) is -3.62. The molecule has 1 saturated heterocycles. The van der Waals surface area contributed by atoms with E-state index in [1.54, 1.807) is 41.3 Å². The van der Waals surface area contributed by atoms with Crippen LogP contribution in [0.4, 0.5) is 5.69 Å². The van der Waals surface area contributed by atoms with Gasteiger partial charge in [-0.1, -0.05) is 60.2 Å². The van der Waals surface area contributed by atoms with Crippen molar-refractivity contribution in [2.45, 2.75) is 37.3 Å². The van der Waals surface area contributed by atoms with Gasteiger partial charge in [-0.3, -0.25) is 9.59 Å². The first-order valence-corrected chi connectivity index (χ1v) is 14.2. The predicted octanol–water partition coefficient (Wildman–Crippen LogP) is 3.51. The maximum absolute atomic E-state index is 13.7. The van der Waals surface area contributed by atoms with Gasteiger partial charge in [-0.15, -0.1) is 0 Å². The van der Waals surface area contributed by atoms with Gasteiger partial charge in [0.05, 0.1) is 17.1 Å². The Morgan fingerprint density at radius 2 is 1.58 bits per heavy atom. The van der Waals surface area contributed by atoms with E-state index in [1.807, 2.05) is 49.4 Å². The molecule has 0 saturated carbocycles. The largest absolute Gasteiger partial charge is 0.477 e. The molecule has 38 heavy (non-hydrogen) atoms. The zero-order chi connectivity index (χ0) is 26.7. The van der Waals surface area contributed by atoms with Crippen molar-refractivity contribution >= 4 is 27.5 Å². The van der Waals surface area contributed by atoms with Crippen molar-refractivity contribution in [3.63, 3.8) is 0 Å². The monoisotopic (exact) mass is 533 g/mol. The molecule has 0 unspecified atom stereocenters. The second-order valence-electron chi connectivity index (χ2n) is 9.72. The highest BCUT2D eigenvalue weighted by molar-refractivity contribution is 7.89. The molecular weight excluding hydrogens is 502 g/mol. The lowest BCUT2D eigenvalue weighted by Crippen LogP contribution is -2.53. The molecule has 5 rings (SSSR count). The highest BCUT2D eigenvalue weighted by Crippen LogP contribution is 2.35. The van der Waals surface area contributed by atoms with Gasteiger partial charge in [0, 0.05) is 25.6 Å². The number of nitrogens with zero attached hydrogens (tertiary/aromatic N) is 2. The van der Waals surface area contributed by atoms with Crippen molar-refractivity contribution < 1.29 is 22.7 Å². The summed E-state index contributed by atoms with van der Waals surface area (Å²) in [5.41, 5.74) is 2.59. The molecule has 1 fully saturated rings. The molecule has 0 radical (unpaired) electrons. The zero-order valence-corrected chi connectivity index (χ0v) is 22.1. The summed E-state index contributed by atoms with van der Waals surface area (Å²) in [5.74, 6) is -0.279. The number of benzene rings is 3. The first-order chi connectivity index (χ1) is 18.3. The van der Waals surface area contributed by atoms with Crippen molar-refractivity contribution in [3.8, 4) is 5.75 Å². The summed E-state index contributed by atoms with van der Waals surface area (Å²) >= 11 is 0. The van der Waals surface area contributed by atoms with E-state index in [0.29, 0.717) is 30.8 Å². The topological polar surface area (TPSA) is 96.0 Å². The average molecular weight is 534 g/mol. The van der Waals surface area contributed by atoms with E-state index >= 15 is 0 Å². The number of anilines is 1. The summed E-state index contributed by atoms with van der Waals surface area (Å²) < 4.78 is 33.6. The zero-order valence-electron chi connectivity index (χ0n) is 21.2. The van der Waals surface area contributed by atoms with Crippen LogP contribution in [0.15, 0.2) is 83.8 Å². The second kappa shape index (κ2) is 11.0. The third-order valence-electron chi connectivity index (χ3n) is 7.10. The number of carbonyl (C=O) groups excluding carboxylic acids is 2. The molecule has 2 amide bonds. The molecule has 3 aromatic rings. The average Bonchev–Trinajstić information content (AvgIpc) is 2.95. The Labute approximate surface area is 223 Å². The fourth-order valence-electron chi connectivity index (χ4n) is 4.90. The lowest BCUT2D eigenvalue weighted by Gasteiger charge is -2.38. The van der Waals surface area contributed by atoms with Crippen LogP contribution in [0.5, 0.6) is 5.75 Å². The van der Waals surface area contributed by atoms with Crippen molar-refractivity contribution in [1.29, 1.82) is 0 Å². The van der Waals surface area contributed by atoms with Gasteiger partial charge >= 0.3 is 0 Å². The standard InChI is InChI=1S/C29H31N3O5S/c1-21-11-13-24(14-12-21)38(35,36)31-17-15-23(16-18-31)29(34)32-20-27(37-26-10-6-5-9-25(26)32)28(33)30-19-22-7-3-2-4-8-22/h2-14,23,27H,15-20H2,1H3,(H,30,33)/t27-/m0/s1. The van der Waals surface area contributed by atoms with Gasteiger partial charge in [-0.25, -0.2) is 8.42 Å². The van der Waals surface area contributed by atoms with E-state index in [2.05, 4.69) is 5.32 Å². The quantitative estimate of drug-likeness (QED) is 0.523. The van der Waals surface area contributed by atoms with Crippen molar-refractivity contribution in [1.82, 2.24) is 9.62 Å². The fourth-order valence-corrected chi connectivity index (χ4v) is 6.37. The number of fused-ring (bicyclic) bond motifs is 1. The Morgan fingerprint density at radius 3 is 2.29 bits per heavy atom. The number of rotatable bonds is 6. The highest BCUT2D eigenvalue weighted by Gasteiger charge is 2.39. The molecule has 0 spiro atoms. The number of hydrogen-bond acceptors (Lipinski definition) is 5. The molecule has 3 aromatic carbocycles. The SMILES string of the molecule is Cc1ccc(S(=O)(=O)N2CCC(C(=O)N3C[C@@H](C(=O)NCc4ccccc4)Oc4ccccc43)CC2)cc1. The normalized spacial score (nSPS) is 18.3. The van der Waals surface area contributed by atoms with Crippen LogP contribution in [0.2, 0.25) is 0 Å². The minimum atomic E-state index is -3.62. The van der Waals surface area contributed by atoms with Crippen molar-refractivity contribution in [3.05, 3.63) is 90.0 Å². The molecule has 2 aliphatic rings. The summed E-state index contributed by atoms with van der Waals surface area (Å²) in [6, 6.07) is 23.6. The number of hydrogen-bond donors (Lipinski definition) is 1. The fraction of sp³-hybridized carbons (Fsp3) is 0.310. The van der Waals surface area contributed by atoms with E-state index in [4.69, 9.17) is 4.74 Å². The molecule has 0 aromatic heterocycles. The van der Waals surface area contributed by atoms with E-state index in [0.717, 1.165) is 11.1 Å². The minimum Gasteiger partial charge on any atom is -0.477 e. The van der Waals surface area contributed by atoms with Crippen molar-refractivity contribution in [2.24, 2.45) is 5.92 Å². The summed E-state index contributed by atoms with van der Waals surface area (Å²) in [6.07, 6.45) is -0.0256. The van der Waals surface area contributed by atoms with E-state index < -0.39 is 16.1 Å². The van der Waals surface area contributed by atoms with Crippen molar-refractivity contribution in [2.75, 3.05) is 24.5 Å². The molecule has 0 aliphatic carbocycles. The molecule has 2 heterocycles. The summed E-state index contributed by atoms with van der Waals surface area (Å²) in [6.45, 7) is 2.90. The molecule has 8 nitrogen and oxygen atoms in total. The molecule has 1 atom stereocenters. The number of carbonyl (C=O) groups is 2. The van der Waals surface area contributed by atoms with E-state index in [1.165, 1.54) is 4.31 Å². The Bertz CT molecular complexity index is 1400. The Morgan fingerprint density at radius 1 is 0.921 bits per heavy atom. The number of ether oxygens (including phenoxy) is 1. The molecule has 198 valence electrons. The van der Waals surface area contributed by atoms with Crippen LogP contribution < -0.4 is 15.0 Å². The number of nitrogens with one attached hydrogen (secondary N) is 1. The predicted molar refractivity (Wildman–Crippen MR) is 144 cm³/mol. The molecule has 9 heteroatoms. The van der Waals surface area contributed by atoms with Gasteiger partial charge in [0.15, 0.2) is 6.10 Å². The molecule has 0 bridgehead atoms. The smallest absolute Gasteiger partial charge is 0.263 e.